The van der Waals surface area contributed by atoms with Gasteiger partial charge in [0.2, 0.25) is 5.82 Å². The number of rotatable bonds is 3. The van der Waals surface area contributed by atoms with Crippen LogP contribution in [0.4, 0.5) is 14.5 Å². The molecule has 0 radical (unpaired) electrons. The first-order chi connectivity index (χ1) is 11.4. The fourth-order valence-corrected chi connectivity index (χ4v) is 2.17. The van der Waals surface area contributed by atoms with E-state index >= 15 is 0 Å². The summed E-state index contributed by atoms with van der Waals surface area (Å²) in [4.78, 5) is 16.2. The second kappa shape index (κ2) is 6.19. The lowest BCUT2D eigenvalue weighted by atomic mass is 10.1. The number of aromatic nitrogens is 3. The second-order valence-corrected chi connectivity index (χ2v) is 5.38. The van der Waals surface area contributed by atoms with Crippen molar-refractivity contribution in [2.45, 2.75) is 13.8 Å². The van der Waals surface area contributed by atoms with Gasteiger partial charge in [-0.1, -0.05) is 12.1 Å². The highest BCUT2D eigenvalue weighted by molar-refractivity contribution is 6.01. The maximum absolute atomic E-state index is 13.3. The van der Waals surface area contributed by atoms with Crippen molar-refractivity contribution in [2.75, 3.05) is 5.32 Å². The summed E-state index contributed by atoms with van der Waals surface area (Å²) >= 11 is 0. The van der Waals surface area contributed by atoms with Crippen LogP contribution in [0.3, 0.4) is 0 Å². The molecular weight excluding hydrogens is 314 g/mol. The number of aryl methyl sites for hydroxylation is 2. The fourth-order valence-electron chi connectivity index (χ4n) is 2.17. The molecule has 7 heteroatoms. The summed E-state index contributed by atoms with van der Waals surface area (Å²) in [7, 11) is 0. The minimum absolute atomic E-state index is 0.0689. The Bertz CT molecular complexity index is 921. The Morgan fingerprint density at radius 3 is 2.62 bits per heavy atom. The first-order valence-corrected chi connectivity index (χ1v) is 7.20. The number of hydrogen-bond acceptors (Lipinski definition) is 3. The number of nitrogens with zero attached hydrogens (tertiary/aromatic N) is 3. The summed E-state index contributed by atoms with van der Waals surface area (Å²) < 4.78 is 27.5. The molecule has 0 fully saturated rings. The number of carbonyl (C=O) groups excluding carboxylic acids is 1. The van der Waals surface area contributed by atoms with E-state index in [1.807, 2.05) is 32.0 Å². The molecule has 0 saturated carbocycles. The van der Waals surface area contributed by atoms with Gasteiger partial charge in [0.1, 0.15) is 6.33 Å². The monoisotopic (exact) mass is 328 g/mol. The summed E-state index contributed by atoms with van der Waals surface area (Å²) in [5.74, 6) is -2.50. The molecule has 1 N–H and O–H groups in total. The van der Waals surface area contributed by atoms with Crippen LogP contribution in [0.25, 0.3) is 5.69 Å². The van der Waals surface area contributed by atoms with E-state index in [1.165, 1.54) is 17.1 Å². The maximum atomic E-state index is 13.3. The zero-order chi connectivity index (χ0) is 17.3. The Hall–Kier alpha value is -3.09. The number of amides is 1. The molecular formula is C17H14F2N4O. The lowest BCUT2D eigenvalue weighted by Crippen LogP contribution is -2.15. The van der Waals surface area contributed by atoms with E-state index in [4.69, 9.17) is 0 Å². The first-order valence-electron chi connectivity index (χ1n) is 7.20. The smallest absolute Gasteiger partial charge is 0.295 e. The molecule has 0 aliphatic carbocycles. The third-order valence-corrected chi connectivity index (χ3v) is 3.50. The van der Waals surface area contributed by atoms with E-state index < -0.39 is 17.5 Å². The molecule has 0 bridgehead atoms. The zero-order valence-electron chi connectivity index (χ0n) is 13.0. The Labute approximate surface area is 137 Å². The Balaban J connectivity index is 1.83. The first kappa shape index (κ1) is 15.8. The highest BCUT2D eigenvalue weighted by atomic mass is 19.2. The number of benzene rings is 2. The van der Waals surface area contributed by atoms with Crippen LogP contribution in [0.5, 0.6) is 0 Å². The Morgan fingerprint density at radius 1 is 1.08 bits per heavy atom. The van der Waals surface area contributed by atoms with Gasteiger partial charge in [0.25, 0.3) is 5.91 Å². The SMILES string of the molecule is Cc1ccc(C)c(NC(=O)c2ncn(-c3ccc(F)c(F)c3)n2)c1. The van der Waals surface area contributed by atoms with Crippen molar-refractivity contribution in [1.29, 1.82) is 0 Å². The van der Waals surface area contributed by atoms with Crippen LogP contribution in [0.15, 0.2) is 42.7 Å². The van der Waals surface area contributed by atoms with E-state index in [0.717, 1.165) is 23.3 Å². The average molecular weight is 328 g/mol. The van der Waals surface area contributed by atoms with Gasteiger partial charge < -0.3 is 5.32 Å². The lowest BCUT2D eigenvalue weighted by molar-refractivity contribution is 0.101. The van der Waals surface area contributed by atoms with Crippen molar-refractivity contribution in [3.63, 3.8) is 0 Å². The minimum Gasteiger partial charge on any atom is -0.319 e. The van der Waals surface area contributed by atoms with Gasteiger partial charge in [0.15, 0.2) is 11.6 Å². The van der Waals surface area contributed by atoms with E-state index in [2.05, 4.69) is 15.4 Å². The van der Waals surface area contributed by atoms with Crippen molar-refractivity contribution in [2.24, 2.45) is 0 Å². The highest BCUT2D eigenvalue weighted by Crippen LogP contribution is 2.17. The van der Waals surface area contributed by atoms with Crippen LogP contribution in [0.1, 0.15) is 21.7 Å². The number of carbonyl (C=O) groups is 1. The molecule has 0 atom stereocenters. The normalized spacial score (nSPS) is 10.7. The number of halogens is 2. The van der Waals surface area contributed by atoms with Crippen LogP contribution in [0, 0.1) is 25.5 Å². The standard InChI is InChI=1S/C17H14F2N4O/c1-10-3-4-11(2)15(7-10)21-17(24)16-20-9-23(22-16)12-5-6-13(18)14(19)8-12/h3-9H,1-2H3,(H,21,24). The van der Waals surface area contributed by atoms with Gasteiger partial charge in [0.05, 0.1) is 5.69 Å². The molecule has 3 aromatic rings. The van der Waals surface area contributed by atoms with Gasteiger partial charge in [-0.05, 0) is 43.2 Å². The third-order valence-electron chi connectivity index (χ3n) is 3.50. The highest BCUT2D eigenvalue weighted by Gasteiger charge is 2.14. The molecule has 1 heterocycles. The molecule has 0 aliphatic rings. The molecule has 0 saturated heterocycles. The summed E-state index contributed by atoms with van der Waals surface area (Å²) in [6.45, 7) is 3.80. The predicted octanol–water partition coefficient (Wildman–Crippen LogP) is 3.41. The van der Waals surface area contributed by atoms with Gasteiger partial charge >= 0.3 is 0 Å². The quantitative estimate of drug-likeness (QED) is 0.801. The average Bonchev–Trinajstić information content (AvgIpc) is 3.03. The van der Waals surface area contributed by atoms with Crippen molar-refractivity contribution >= 4 is 11.6 Å². The fraction of sp³-hybridized carbons (Fsp3) is 0.118. The molecule has 2 aromatic carbocycles. The lowest BCUT2D eigenvalue weighted by Gasteiger charge is -2.07. The van der Waals surface area contributed by atoms with Crippen LogP contribution < -0.4 is 5.32 Å². The second-order valence-electron chi connectivity index (χ2n) is 5.38. The van der Waals surface area contributed by atoms with Crippen LogP contribution >= 0.6 is 0 Å². The molecule has 3 rings (SSSR count). The third kappa shape index (κ3) is 3.15. The summed E-state index contributed by atoms with van der Waals surface area (Å²) in [6, 6.07) is 9.01. The largest absolute Gasteiger partial charge is 0.319 e. The van der Waals surface area contributed by atoms with Crippen molar-refractivity contribution < 1.29 is 13.6 Å². The molecule has 1 amide bonds. The molecule has 0 spiro atoms. The van der Waals surface area contributed by atoms with Gasteiger partial charge in [-0.3, -0.25) is 4.79 Å². The van der Waals surface area contributed by atoms with E-state index in [-0.39, 0.29) is 11.5 Å². The van der Waals surface area contributed by atoms with Crippen molar-refractivity contribution in [1.82, 2.24) is 14.8 Å². The summed E-state index contributed by atoms with van der Waals surface area (Å²) in [5.41, 5.74) is 2.86. The van der Waals surface area contributed by atoms with Gasteiger partial charge in [-0.2, -0.15) is 0 Å². The minimum atomic E-state index is -0.996. The van der Waals surface area contributed by atoms with E-state index in [1.54, 1.807) is 0 Å². The molecule has 122 valence electrons. The number of nitrogens with one attached hydrogen (secondary N) is 1. The van der Waals surface area contributed by atoms with Crippen molar-refractivity contribution in [3.05, 3.63) is 71.3 Å². The molecule has 5 nitrogen and oxygen atoms in total. The van der Waals surface area contributed by atoms with Crippen LogP contribution in [-0.4, -0.2) is 20.7 Å². The Morgan fingerprint density at radius 2 is 1.88 bits per heavy atom. The summed E-state index contributed by atoms with van der Waals surface area (Å²) in [5, 5.41) is 6.75. The number of hydrogen-bond donors (Lipinski definition) is 1. The molecule has 1 aromatic heterocycles. The topological polar surface area (TPSA) is 59.8 Å². The van der Waals surface area contributed by atoms with Crippen molar-refractivity contribution in [3.8, 4) is 5.69 Å². The molecule has 24 heavy (non-hydrogen) atoms. The van der Waals surface area contributed by atoms with E-state index in [9.17, 15) is 13.6 Å². The van der Waals surface area contributed by atoms with E-state index in [0.29, 0.717) is 5.69 Å². The van der Waals surface area contributed by atoms with Crippen LogP contribution in [0.2, 0.25) is 0 Å². The maximum Gasteiger partial charge on any atom is 0.295 e. The zero-order valence-corrected chi connectivity index (χ0v) is 13.0. The van der Waals surface area contributed by atoms with Gasteiger partial charge in [-0.25, -0.2) is 18.4 Å². The predicted molar refractivity (Wildman–Crippen MR) is 85.1 cm³/mol. The van der Waals surface area contributed by atoms with Crippen LogP contribution in [-0.2, 0) is 0 Å². The van der Waals surface area contributed by atoms with Gasteiger partial charge in [0, 0.05) is 11.8 Å². The molecule has 0 unspecified atom stereocenters. The summed E-state index contributed by atoms with van der Waals surface area (Å²) in [6.07, 6.45) is 1.27. The Kier molecular flexibility index (Phi) is 4.07. The van der Waals surface area contributed by atoms with Gasteiger partial charge in [-0.15, -0.1) is 5.10 Å². The number of anilines is 1. The molecule has 0 aliphatic heterocycles.